The molecule has 1 aliphatic rings. The lowest BCUT2D eigenvalue weighted by Crippen LogP contribution is -2.46. The average Bonchev–Trinajstić information content (AvgIpc) is 2.28. The molecule has 0 aromatic heterocycles. The standard InChI is InChI=1S/C16H33NO/c1-12(2)15(11-18-6)17-14-9-7-13(8-10-14)16(3,4)5/h12-15,17H,7-11H2,1-6H3. The monoisotopic (exact) mass is 255 g/mol. The van der Waals surface area contributed by atoms with Crippen LogP contribution in [0.15, 0.2) is 0 Å². The largest absolute Gasteiger partial charge is 0.383 e. The first-order chi connectivity index (χ1) is 8.34. The van der Waals surface area contributed by atoms with E-state index in [1.165, 1.54) is 25.7 Å². The summed E-state index contributed by atoms with van der Waals surface area (Å²) < 4.78 is 5.32. The Morgan fingerprint density at radius 2 is 1.67 bits per heavy atom. The number of nitrogens with one attached hydrogen (secondary N) is 1. The molecular weight excluding hydrogens is 222 g/mol. The highest BCUT2D eigenvalue weighted by Crippen LogP contribution is 2.37. The smallest absolute Gasteiger partial charge is 0.0618 e. The molecule has 0 heterocycles. The average molecular weight is 255 g/mol. The van der Waals surface area contributed by atoms with Gasteiger partial charge in [-0.3, -0.25) is 0 Å². The van der Waals surface area contributed by atoms with Crippen molar-refractivity contribution in [1.29, 1.82) is 0 Å². The highest BCUT2D eigenvalue weighted by Gasteiger charge is 2.30. The van der Waals surface area contributed by atoms with Crippen LogP contribution in [0.25, 0.3) is 0 Å². The fourth-order valence-corrected chi connectivity index (χ4v) is 3.04. The van der Waals surface area contributed by atoms with E-state index in [2.05, 4.69) is 39.9 Å². The number of methoxy groups -OCH3 is 1. The van der Waals surface area contributed by atoms with Gasteiger partial charge in [-0.25, -0.2) is 0 Å². The second-order valence-electron chi connectivity index (χ2n) is 7.39. The van der Waals surface area contributed by atoms with Gasteiger partial charge in [0.1, 0.15) is 0 Å². The minimum atomic E-state index is 0.481. The predicted molar refractivity (Wildman–Crippen MR) is 78.8 cm³/mol. The van der Waals surface area contributed by atoms with Crippen LogP contribution in [0.3, 0.4) is 0 Å². The van der Waals surface area contributed by atoms with E-state index in [1.54, 1.807) is 7.11 Å². The van der Waals surface area contributed by atoms with Crippen molar-refractivity contribution in [2.75, 3.05) is 13.7 Å². The Balaban J connectivity index is 2.38. The van der Waals surface area contributed by atoms with Crippen LogP contribution < -0.4 is 5.32 Å². The summed E-state index contributed by atoms with van der Waals surface area (Å²) in [7, 11) is 1.80. The van der Waals surface area contributed by atoms with Gasteiger partial charge < -0.3 is 10.1 Å². The van der Waals surface area contributed by atoms with Gasteiger partial charge in [0.15, 0.2) is 0 Å². The molecule has 1 rings (SSSR count). The van der Waals surface area contributed by atoms with Crippen LogP contribution >= 0.6 is 0 Å². The van der Waals surface area contributed by atoms with Crippen LogP contribution in [0.5, 0.6) is 0 Å². The third kappa shape index (κ3) is 4.89. The molecule has 0 spiro atoms. The molecule has 0 amide bonds. The number of hydrogen-bond acceptors (Lipinski definition) is 2. The molecule has 0 aromatic rings. The maximum atomic E-state index is 5.32. The van der Waals surface area contributed by atoms with E-state index in [4.69, 9.17) is 4.74 Å². The lowest BCUT2D eigenvalue weighted by atomic mass is 9.71. The summed E-state index contributed by atoms with van der Waals surface area (Å²) in [6.45, 7) is 12.5. The second-order valence-corrected chi connectivity index (χ2v) is 7.39. The van der Waals surface area contributed by atoms with Gasteiger partial charge in [0.2, 0.25) is 0 Å². The summed E-state index contributed by atoms with van der Waals surface area (Å²) >= 11 is 0. The highest BCUT2D eigenvalue weighted by molar-refractivity contribution is 4.85. The number of rotatable bonds is 5. The molecule has 1 aliphatic carbocycles. The van der Waals surface area contributed by atoms with E-state index < -0.39 is 0 Å². The fourth-order valence-electron chi connectivity index (χ4n) is 3.04. The van der Waals surface area contributed by atoms with E-state index in [-0.39, 0.29) is 0 Å². The zero-order valence-electron chi connectivity index (χ0n) is 13.3. The van der Waals surface area contributed by atoms with E-state index >= 15 is 0 Å². The summed E-state index contributed by atoms with van der Waals surface area (Å²) in [5.41, 5.74) is 0.481. The summed E-state index contributed by atoms with van der Waals surface area (Å²) in [5, 5.41) is 3.80. The van der Waals surface area contributed by atoms with Gasteiger partial charge in [0.05, 0.1) is 6.61 Å². The minimum Gasteiger partial charge on any atom is -0.383 e. The molecule has 108 valence electrons. The Morgan fingerprint density at radius 1 is 1.11 bits per heavy atom. The van der Waals surface area contributed by atoms with Gasteiger partial charge >= 0.3 is 0 Å². The molecule has 18 heavy (non-hydrogen) atoms. The van der Waals surface area contributed by atoms with E-state index in [0.29, 0.717) is 23.4 Å². The Labute approximate surface area is 114 Å². The minimum absolute atomic E-state index is 0.481. The third-order valence-corrected chi connectivity index (χ3v) is 4.55. The first-order valence-corrected chi connectivity index (χ1v) is 7.59. The molecule has 2 nitrogen and oxygen atoms in total. The van der Waals surface area contributed by atoms with Gasteiger partial charge in [-0.2, -0.15) is 0 Å². The van der Waals surface area contributed by atoms with Crippen LogP contribution in [0.2, 0.25) is 0 Å². The SMILES string of the molecule is COCC(NC1CCC(C(C)(C)C)CC1)C(C)C. The Morgan fingerprint density at radius 3 is 2.06 bits per heavy atom. The van der Waals surface area contributed by atoms with Crippen molar-refractivity contribution >= 4 is 0 Å². The van der Waals surface area contributed by atoms with Crippen molar-refractivity contribution in [3.63, 3.8) is 0 Å². The summed E-state index contributed by atoms with van der Waals surface area (Å²) in [5.74, 6) is 1.54. The molecule has 1 saturated carbocycles. The number of ether oxygens (including phenoxy) is 1. The maximum Gasteiger partial charge on any atom is 0.0618 e. The molecule has 0 aromatic carbocycles. The predicted octanol–water partition coefficient (Wildman–Crippen LogP) is 3.85. The van der Waals surface area contributed by atoms with Gasteiger partial charge in [0, 0.05) is 19.2 Å². The molecule has 1 atom stereocenters. The van der Waals surface area contributed by atoms with Crippen molar-refractivity contribution in [2.45, 2.75) is 72.4 Å². The van der Waals surface area contributed by atoms with Crippen LogP contribution in [-0.2, 0) is 4.74 Å². The molecule has 2 heteroatoms. The van der Waals surface area contributed by atoms with E-state index in [0.717, 1.165) is 12.5 Å². The van der Waals surface area contributed by atoms with Crippen LogP contribution in [0.4, 0.5) is 0 Å². The lowest BCUT2D eigenvalue weighted by Gasteiger charge is -2.38. The first-order valence-electron chi connectivity index (χ1n) is 7.59. The topological polar surface area (TPSA) is 21.3 Å². The highest BCUT2D eigenvalue weighted by atomic mass is 16.5. The van der Waals surface area contributed by atoms with Crippen LogP contribution in [0.1, 0.15) is 60.3 Å². The lowest BCUT2D eigenvalue weighted by molar-refractivity contribution is 0.117. The first kappa shape index (κ1) is 16.0. The molecule has 1 fully saturated rings. The molecule has 0 saturated heterocycles. The van der Waals surface area contributed by atoms with Gasteiger partial charge in [-0.15, -0.1) is 0 Å². The zero-order valence-corrected chi connectivity index (χ0v) is 13.3. The Hall–Kier alpha value is -0.0800. The summed E-state index contributed by atoms with van der Waals surface area (Å²) in [4.78, 5) is 0. The van der Waals surface area contributed by atoms with Gasteiger partial charge in [-0.05, 0) is 42.9 Å². The quantitative estimate of drug-likeness (QED) is 0.805. The van der Waals surface area contributed by atoms with E-state index in [9.17, 15) is 0 Å². The molecule has 0 radical (unpaired) electrons. The van der Waals surface area contributed by atoms with Crippen LogP contribution in [-0.4, -0.2) is 25.8 Å². The van der Waals surface area contributed by atoms with E-state index in [1.807, 2.05) is 0 Å². The van der Waals surface area contributed by atoms with Crippen molar-refractivity contribution in [3.05, 3.63) is 0 Å². The molecule has 0 aliphatic heterocycles. The fraction of sp³-hybridized carbons (Fsp3) is 1.00. The second kappa shape index (κ2) is 6.91. The molecular formula is C16H33NO. The van der Waals surface area contributed by atoms with Crippen LogP contribution in [0, 0.1) is 17.3 Å². The number of hydrogen-bond donors (Lipinski definition) is 1. The Bertz CT molecular complexity index is 224. The van der Waals surface area contributed by atoms with Gasteiger partial charge in [-0.1, -0.05) is 34.6 Å². The van der Waals surface area contributed by atoms with Crippen molar-refractivity contribution in [1.82, 2.24) is 5.32 Å². The summed E-state index contributed by atoms with van der Waals surface area (Å²) in [6.07, 6.45) is 5.40. The van der Waals surface area contributed by atoms with Crippen molar-refractivity contribution in [3.8, 4) is 0 Å². The normalized spacial score (nSPS) is 27.5. The van der Waals surface area contributed by atoms with Crippen molar-refractivity contribution < 1.29 is 4.74 Å². The molecule has 1 unspecified atom stereocenters. The molecule has 1 N–H and O–H groups in total. The third-order valence-electron chi connectivity index (χ3n) is 4.55. The zero-order chi connectivity index (χ0) is 13.8. The van der Waals surface area contributed by atoms with Gasteiger partial charge in [0.25, 0.3) is 0 Å². The van der Waals surface area contributed by atoms with Crippen molar-refractivity contribution in [2.24, 2.45) is 17.3 Å². The summed E-state index contributed by atoms with van der Waals surface area (Å²) in [6, 6.07) is 1.21. The Kier molecular flexibility index (Phi) is 6.13. The molecule has 0 bridgehead atoms. The maximum absolute atomic E-state index is 5.32.